The molecule has 0 spiro atoms. The lowest BCUT2D eigenvalue weighted by Gasteiger charge is -2.11. The van der Waals surface area contributed by atoms with Crippen LogP contribution in [0.3, 0.4) is 0 Å². The molecule has 2 aromatic rings. The zero-order chi connectivity index (χ0) is 19.7. The Morgan fingerprint density at radius 2 is 1.69 bits per heavy atom. The Morgan fingerprint density at radius 3 is 2.23 bits per heavy atom. The van der Waals surface area contributed by atoms with E-state index in [1.807, 2.05) is 56.0 Å². The first-order chi connectivity index (χ1) is 11.9. The molecular formula is C15H10F3I2NO4S. The molecule has 2 rings (SSSR count). The molecule has 5 nitrogen and oxygen atoms in total. The van der Waals surface area contributed by atoms with Crippen molar-refractivity contribution in [2.75, 3.05) is 0 Å². The van der Waals surface area contributed by atoms with Gasteiger partial charge in [-0.15, -0.1) is 13.2 Å². The summed E-state index contributed by atoms with van der Waals surface area (Å²) in [4.78, 5) is 12.0. The lowest BCUT2D eigenvalue weighted by molar-refractivity contribution is -0.274. The van der Waals surface area contributed by atoms with Crippen molar-refractivity contribution in [3.8, 4) is 5.75 Å². The van der Waals surface area contributed by atoms with Gasteiger partial charge in [-0.3, -0.25) is 4.79 Å². The van der Waals surface area contributed by atoms with Crippen LogP contribution in [0, 0.1) is 14.1 Å². The molecule has 0 fully saturated rings. The van der Waals surface area contributed by atoms with E-state index in [2.05, 4.69) is 4.74 Å². The molecule has 1 amide bonds. The number of ether oxygens (including phenoxy) is 1. The molecule has 0 radical (unpaired) electrons. The van der Waals surface area contributed by atoms with Crippen molar-refractivity contribution in [3.05, 3.63) is 54.7 Å². The molecule has 0 aliphatic heterocycles. The summed E-state index contributed by atoms with van der Waals surface area (Å²) >= 11 is 3.96. The van der Waals surface area contributed by atoms with E-state index < -0.39 is 28.0 Å². The summed E-state index contributed by atoms with van der Waals surface area (Å²) in [6.07, 6.45) is -4.88. The first kappa shape index (κ1) is 21.2. The minimum Gasteiger partial charge on any atom is -0.406 e. The lowest BCUT2D eigenvalue weighted by Crippen LogP contribution is -2.31. The molecule has 0 aliphatic carbocycles. The maximum atomic E-state index is 12.3. The van der Waals surface area contributed by atoms with E-state index in [1.54, 1.807) is 13.0 Å². The molecule has 0 aliphatic rings. The van der Waals surface area contributed by atoms with Gasteiger partial charge in [-0.25, -0.2) is 13.1 Å². The predicted molar refractivity (Wildman–Crippen MR) is 104 cm³/mol. The second kappa shape index (κ2) is 7.88. The van der Waals surface area contributed by atoms with Gasteiger partial charge in [-0.2, -0.15) is 0 Å². The Hall–Kier alpha value is -1.09. The molecule has 0 heterocycles. The van der Waals surface area contributed by atoms with Crippen LogP contribution in [-0.4, -0.2) is 20.7 Å². The van der Waals surface area contributed by atoms with Gasteiger partial charge in [0.25, 0.3) is 15.9 Å². The zero-order valence-corrected chi connectivity index (χ0v) is 18.0. The number of carbonyl (C=O) groups excluding carboxylic acids is 1. The lowest BCUT2D eigenvalue weighted by atomic mass is 10.1. The normalized spacial score (nSPS) is 11.9. The third-order valence-electron chi connectivity index (χ3n) is 3.01. The Bertz CT molecular complexity index is 945. The molecule has 0 saturated heterocycles. The number of aryl methyl sites for hydroxylation is 1. The Balaban J connectivity index is 2.25. The van der Waals surface area contributed by atoms with Gasteiger partial charge < -0.3 is 4.74 Å². The molecule has 0 aromatic heterocycles. The first-order valence-electron chi connectivity index (χ1n) is 6.77. The van der Waals surface area contributed by atoms with Crippen molar-refractivity contribution in [1.29, 1.82) is 0 Å². The van der Waals surface area contributed by atoms with E-state index in [0.717, 1.165) is 33.4 Å². The van der Waals surface area contributed by atoms with Crippen LogP contribution >= 0.6 is 45.2 Å². The number of alkyl halides is 3. The number of carbonyl (C=O) groups is 1. The van der Waals surface area contributed by atoms with Crippen LogP contribution in [0.4, 0.5) is 13.2 Å². The predicted octanol–water partition coefficient (Wildman–Crippen LogP) is 4.22. The number of hydrogen-bond acceptors (Lipinski definition) is 4. The minimum absolute atomic E-state index is 0.190. The highest BCUT2D eigenvalue weighted by Crippen LogP contribution is 2.25. The van der Waals surface area contributed by atoms with Gasteiger partial charge in [0.15, 0.2) is 0 Å². The van der Waals surface area contributed by atoms with Crippen LogP contribution in [0.2, 0.25) is 0 Å². The number of benzene rings is 2. The summed E-state index contributed by atoms with van der Waals surface area (Å²) in [6, 6.07) is 6.93. The summed E-state index contributed by atoms with van der Waals surface area (Å²) in [5.74, 6) is -1.39. The van der Waals surface area contributed by atoms with Gasteiger partial charge in [0, 0.05) is 7.14 Å². The Labute approximate surface area is 174 Å². The van der Waals surface area contributed by atoms with E-state index in [4.69, 9.17) is 0 Å². The number of nitrogens with one attached hydrogen (secondary N) is 1. The van der Waals surface area contributed by atoms with Crippen LogP contribution in [0.25, 0.3) is 0 Å². The van der Waals surface area contributed by atoms with Crippen molar-refractivity contribution in [2.24, 2.45) is 0 Å². The molecule has 2 aromatic carbocycles. The number of hydrogen-bond donors (Lipinski definition) is 1. The topological polar surface area (TPSA) is 72.5 Å². The van der Waals surface area contributed by atoms with Gasteiger partial charge in [0.2, 0.25) is 0 Å². The van der Waals surface area contributed by atoms with Crippen LogP contribution in [0.5, 0.6) is 5.75 Å². The number of halogens is 5. The van der Waals surface area contributed by atoms with Crippen molar-refractivity contribution < 1.29 is 31.1 Å². The highest BCUT2D eigenvalue weighted by atomic mass is 127. The quantitative estimate of drug-likeness (QED) is 0.527. The van der Waals surface area contributed by atoms with Crippen LogP contribution < -0.4 is 9.46 Å². The second-order valence-corrected chi connectivity index (χ2v) is 8.99. The fraction of sp³-hybridized carbons (Fsp3) is 0.133. The fourth-order valence-corrected chi connectivity index (χ4v) is 4.25. The SMILES string of the molecule is Cc1cc(I)c(I)c(C(=O)NS(=O)(=O)c2ccc(OC(F)(F)F)cc2)c1. The zero-order valence-electron chi connectivity index (χ0n) is 12.9. The third kappa shape index (κ3) is 5.45. The van der Waals surface area contributed by atoms with E-state index in [0.29, 0.717) is 3.57 Å². The highest BCUT2D eigenvalue weighted by Gasteiger charge is 2.31. The summed E-state index contributed by atoms with van der Waals surface area (Å²) in [6.45, 7) is 1.77. The maximum Gasteiger partial charge on any atom is 0.573 e. The summed E-state index contributed by atoms with van der Waals surface area (Å²) < 4.78 is 68.0. The minimum atomic E-state index is -4.88. The van der Waals surface area contributed by atoms with Crippen molar-refractivity contribution in [1.82, 2.24) is 4.72 Å². The van der Waals surface area contributed by atoms with E-state index in [1.165, 1.54) is 0 Å². The van der Waals surface area contributed by atoms with Gasteiger partial charge in [0.05, 0.1) is 10.5 Å². The standard InChI is InChI=1S/C15H10F3I2NO4S/c1-8-6-11(13(20)12(19)7-8)14(22)21-26(23,24)10-4-2-9(3-5-10)25-15(16,17)18/h2-7H,1H3,(H,21,22). The van der Waals surface area contributed by atoms with Gasteiger partial charge in [0.1, 0.15) is 5.75 Å². The first-order valence-corrected chi connectivity index (χ1v) is 10.4. The second-order valence-electron chi connectivity index (χ2n) is 5.06. The molecular weight excluding hydrogens is 601 g/mol. The summed E-state index contributed by atoms with van der Waals surface area (Å²) in [7, 11) is -4.25. The maximum absolute atomic E-state index is 12.3. The average molecular weight is 611 g/mol. The summed E-state index contributed by atoms with van der Waals surface area (Å²) in [5.41, 5.74) is 0.974. The van der Waals surface area contributed by atoms with Crippen LogP contribution in [0.15, 0.2) is 41.3 Å². The largest absolute Gasteiger partial charge is 0.573 e. The molecule has 1 N–H and O–H groups in total. The third-order valence-corrected chi connectivity index (χ3v) is 7.40. The molecule has 0 unspecified atom stereocenters. The number of amides is 1. The van der Waals surface area contributed by atoms with E-state index in [9.17, 15) is 26.4 Å². The van der Waals surface area contributed by atoms with Gasteiger partial charge >= 0.3 is 6.36 Å². The van der Waals surface area contributed by atoms with Crippen molar-refractivity contribution in [2.45, 2.75) is 18.2 Å². The highest BCUT2D eigenvalue weighted by molar-refractivity contribution is 14.1. The Morgan fingerprint density at radius 1 is 1.12 bits per heavy atom. The van der Waals surface area contributed by atoms with Crippen LogP contribution in [0.1, 0.15) is 15.9 Å². The summed E-state index contributed by atoms with van der Waals surface area (Å²) in [5, 5.41) is 0. The van der Waals surface area contributed by atoms with Crippen molar-refractivity contribution >= 4 is 61.1 Å². The van der Waals surface area contributed by atoms with Gasteiger partial charge in [-0.05, 0) is 94.1 Å². The smallest absolute Gasteiger partial charge is 0.406 e. The van der Waals surface area contributed by atoms with Crippen molar-refractivity contribution in [3.63, 3.8) is 0 Å². The molecule has 11 heteroatoms. The molecule has 0 atom stereocenters. The monoisotopic (exact) mass is 611 g/mol. The average Bonchev–Trinajstić information content (AvgIpc) is 2.49. The molecule has 140 valence electrons. The molecule has 0 saturated carbocycles. The molecule has 26 heavy (non-hydrogen) atoms. The van der Waals surface area contributed by atoms with Gasteiger partial charge in [-0.1, -0.05) is 0 Å². The Kier molecular flexibility index (Phi) is 6.43. The molecule has 0 bridgehead atoms. The number of rotatable bonds is 4. The van der Waals surface area contributed by atoms with E-state index >= 15 is 0 Å². The fourth-order valence-electron chi connectivity index (χ4n) is 1.95. The number of sulfonamides is 1. The van der Waals surface area contributed by atoms with Crippen LogP contribution in [-0.2, 0) is 10.0 Å². The van der Waals surface area contributed by atoms with E-state index in [-0.39, 0.29) is 10.5 Å².